The van der Waals surface area contributed by atoms with Gasteiger partial charge in [-0.2, -0.15) is 9.59 Å². The van der Waals surface area contributed by atoms with Gasteiger partial charge in [0.25, 0.3) is 0 Å². The second-order valence-corrected chi connectivity index (χ2v) is 31.3. The Labute approximate surface area is 628 Å². The van der Waals surface area contributed by atoms with Gasteiger partial charge in [0.05, 0.1) is 24.1 Å². The Bertz CT molecular complexity index is 3700. The standard InChI is InChI=1S/C12H14BrClN4.C12H17ClN4O.C12H15ClN4.C10H12BrN5.C6H13N.C5H6ClN3.CO2.BHNS.Cl3OP.H3N.H2O/c13-11-10-12(14)15-4-8-18(10)9(16-11)3-7-17-5-1-2-6-17;13-12-10(14-4-5-15-12)9-16-11(18)3-8-17-6-1-2-7-17;13-12-10-9-15-11(17(10)8-4-14-12)3-7-16-5-1-2-6-16;11-8-7-9(12)13-3-6-16(7)10(14-8)15-4-1-2-5-15;1-2-7-5-3-4-6-7;6-5-4(3-7)8-1-2-9-5;2-1-3;1-2-3;1-5(2,3)4;;/h4,8H,1-3,5-7H2;4-5H,1-3,6-9H2,(H,16,18);4,8-9H,1-3,5-7H2;3,6H,1-2,4-5H2,(H2,12,13);2-6H2,1H3;1-2H,3,7H2;;3H;;1H3;1H2. The molecule has 0 atom stereocenters. The molecule has 537 valence electrons. The molecule has 40 heteroatoms. The van der Waals surface area contributed by atoms with Gasteiger partial charge in [-0.15, -0.1) is 0 Å². The van der Waals surface area contributed by atoms with Crippen LogP contribution in [0.25, 0.3) is 16.6 Å². The van der Waals surface area contributed by atoms with Crippen LogP contribution in [0.3, 0.4) is 0 Å². The van der Waals surface area contributed by atoms with E-state index in [0.29, 0.717) is 57.3 Å². The zero-order valence-corrected chi connectivity index (χ0v) is 64.5. The molecular formula is C58H83BBr2Cl7N23O5PS. The number of hydrogen-bond acceptors (Lipinski definition) is 24. The summed E-state index contributed by atoms with van der Waals surface area (Å²) in [5.74, 6) is 3.59. The van der Waals surface area contributed by atoms with Crippen LogP contribution in [0.4, 0.5) is 11.8 Å². The van der Waals surface area contributed by atoms with Crippen molar-refractivity contribution >= 4 is 178 Å². The summed E-state index contributed by atoms with van der Waals surface area (Å²) < 4.78 is 19.8. The van der Waals surface area contributed by atoms with Crippen molar-refractivity contribution in [1.82, 2.24) is 94.1 Å². The van der Waals surface area contributed by atoms with Gasteiger partial charge in [0.15, 0.2) is 26.4 Å². The number of thiol groups is 1. The number of nitrogen functional groups attached to an aromatic ring is 1. The van der Waals surface area contributed by atoms with E-state index < -0.39 is 5.20 Å². The van der Waals surface area contributed by atoms with Crippen LogP contribution in [0.2, 0.25) is 20.6 Å². The first-order chi connectivity index (χ1) is 46.2. The van der Waals surface area contributed by atoms with Crippen LogP contribution < -0.4 is 27.8 Å². The Morgan fingerprint density at radius 3 is 1.52 bits per heavy atom. The van der Waals surface area contributed by atoms with Crippen molar-refractivity contribution in [2.75, 3.05) is 102 Å². The van der Waals surface area contributed by atoms with Crippen LogP contribution in [0, 0.1) is 0 Å². The van der Waals surface area contributed by atoms with Gasteiger partial charge >= 0.3 is 36.1 Å². The second-order valence-electron chi connectivity index (χ2n) is 21.5. The Balaban J connectivity index is 0.000000301. The number of aromatic nitrogens is 13. The Morgan fingerprint density at radius 2 is 1.03 bits per heavy atom. The molecule has 5 saturated heterocycles. The topological polar surface area (TPSA) is 370 Å². The third kappa shape index (κ3) is 31.1. The number of nitrogens with zero attached hydrogens (tertiary/aromatic N) is 19. The summed E-state index contributed by atoms with van der Waals surface area (Å²) in [7, 11) is 4.34. The predicted octanol–water partition coefficient (Wildman–Crippen LogP) is 11.1. The van der Waals surface area contributed by atoms with Crippen molar-refractivity contribution in [3.63, 3.8) is 0 Å². The van der Waals surface area contributed by atoms with E-state index in [-0.39, 0.29) is 23.7 Å². The molecule has 0 aliphatic carbocycles. The Kier molecular flexibility index (Phi) is 43.5. The molecule has 0 unspecified atom stereocenters. The maximum atomic E-state index is 11.7. The molecule has 8 aromatic heterocycles. The number of fused-ring (bicyclic) bond motifs is 3. The molecular weight excluding hydrogens is 1580 g/mol. The monoisotopic (exact) mass is 1660 g/mol. The van der Waals surface area contributed by atoms with E-state index in [9.17, 15) is 9.36 Å². The van der Waals surface area contributed by atoms with E-state index in [1.807, 2.05) is 31.8 Å². The van der Waals surface area contributed by atoms with E-state index in [1.165, 1.54) is 122 Å². The summed E-state index contributed by atoms with van der Waals surface area (Å²) in [5.41, 5.74) is 15.0. The van der Waals surface area contributed by atoms with Gasteiger partial charge in [-0.05, 0) is 189 Å². The van der Waals surface area contributed by atoms with Crippen LogP contribution in [-0.4, -0.2) is 199 Å². The zero-order chi connectivity index (χ0) is 69.8. The van der Waals surface area contributed by atoms with E-state index in [4.69, 9.17) is 67.5 Å². The molecule has 5 aliphatic rings. The average molecular weight is 1660 g/mol. The second kappa shape index (κ2) is 48.5. The van der Waals surface area contributed by atoms with Crippen molar-refractivity contribution in [3.8, 4) is 0 Å². The van der Waals surface area contributed by atoms with E-state index in [1.54, 1.807) is 37.2 Å². The molecule has 13 heterocycles. The van der Waals surface area contributed by atoms with Crippen LogP contribution in [0.15, 0.2) is 81.7 Å². The van der Waals surface area contributed by atoms with E-state index >= 15 is 0 Å². The van der Waals surface area contributed by atoms with Gasteiger partial charge in [0, 0.05) is 120 Å². The number of anilines is 2. The quantitative estimate of drug-likeness (QED) is 0.0383. The number of rotatable bonds is 14. The molecule has 10 N–H and O–H groups in total. The summed E-state index contributed by atoms with van der Waals surface area (Å²) in [6.07, 6.45) is 34.6. The molecule has 5 fully saturated rings. The summed E-state index contributed by atoms with van der Waals surface area (Å²) in [4.78, 5) is 81.3. The summed E-state index contributed by atoms with van der Waals surface area (Å²) in [6.45, 7) is 19.1. The summed E-state index contributed by atoms with van der Waals surface area (Å²) >= 11 is 47.5. The molecule has 1 radical (unpaired) electrons. The minimum absolute atomic E-state index is 0. The summed E-state index contributed by atoms with van der Waals surface area (Å²) in [6, 6.07) is 0. The van der Waals surface area contributed by atoms with Crippen LogP contribution in [0.1, 0.15) is 101 Å². The zero-order valence-electron chi connectivity index (χ0n) is 54.2. The van der Waals surface area contributed by atoms with Crippen molar-refractivity contribution in [2.45, 2.75) is 103 Å². The normalized spacial score (nSPS) is 14.9. The molecule has 98 heavy (non-hydrogen) atoms. The Morgan fingerprint density at radius 1 is 0.612 bits per heavy atom. The first-order valence-corrected chi connectivity index (χ1v) is 38.8. The third-order valence-electron chi connectivity index (χ3n) is 15.2. The Hall–Kier alpha value is -4.38. The molecule has 0 aromatic carbocycles. The number of carbonyl (C=O) groups is 1. The van der Waals surface area contributed by atoms with Crippen LogP contribution in [0.5, 0.6) is 0 Å². The number of imidazole rings is 3. The number of hydrogen-bond donors (Lipinski definition) is 5. The van der Waals surface area contributed by atoms with Crippen molar-refractivity contribution in [1.29, 1.82) is 0 Å². The number of likely N-dealkylation sites (tertiary alicyclic amines) is 4. The minimum atomic E-state index is -3.22. The molecule has 0 bridgehead atoms. The molecule has 8 aromatic rings. The fourth-order valence-electron chi connectivity index (χ4n) is 10.6. The van der Waals surface area contributed by atoms with Gasteiger partial charge in [0.1, 0.15) is 37.4 Å². The van der Waals surface area contributed by atoms with Crippen molar-refractivity contribution < 1.29 is 24.4 Å². The van der Waals surface area contributed by atoms with Gasteiger partial charge in [0.2, 0.25) is 11.9 Å². The first-order valence-electron chi connectivity index (χ1n) is 30.9. The van der Waals surface area contributed by atoms with Crippen LogP contribution >= 0.6 is 130 Å². The fraction of sp³-hybridized carbons (Fsp3) is 0.517. The van der Waals surface area contributed by atoms with Gasteiger partial charge < -0.3 is 52.9 Å². The van der Waals surface area contributed by atoms with Crippen molar-refractivity contribution in [3.05, 3.63) is 121 Å². The number of nitrogens with two attached hydrogens (primary N) is 2. The summed E-state index contributed by atoms with van der Waals surface area (Å²) in [5, 5.41) is 1.33. The predicted molar refractivity (Wildman–Crippen MR) is 400 cm³/mol. The number of amides is 1. The van der Waals surface area contributed by atoms with E-state index in [0.717, 1.165) is 102 Å². The van der Waals surface area contributed by atoms with Gasteiger partial charge in [-0.25, -0.2) is 39.9 Å². The van der Waals surface area contributed by atoms with E-state index in [2.05, 4.69) is 177 Å². The van der Waals surface area contributed by atoms with Gasteiger partial charge in [-0.3, -0.25) is 32.5 Å². The average Bonchev–Trinajstić information content (AvgIpc) is 1.64. The molecule has 13 rings (SSSR count). The SMILES string of the molecule is CCN1CCCC1.Clc1nccn2c(CCN3CCCC3)nc(Br)c12.Clc1nccn2c(CCN3CCCC3)ncc12.N.NCc1nccnc1Cl.Nc1nccn2c(N3CCCC3)nc(Br)c12.O.O=C(CCN1CCCC1)NCc1nccnc1Cl.O=C=O.O=P(Cl)(Cl)Cl.[B]=NS. The molecule has 1 amide bonds. The maximum absolute atomic E-state index is 11.7. The van der Waals surface area contributed by atoms with Crippen molar-refractivity contribution in [2.24, 2.45) is 10.0 Å². The van der Waals surface area contributed by atoms with Gasteiger partial charge in [-0.1, -0.05) is 53.3 Å². The fourth-order valence-corrected chi connectivity index (χ4v) is 12.6. The molecule has 0 spiro atoms. The van der Waals surface area contributed by atoms with Crippen LogP contribution in [-0.2, 0) is 44.9 Å². The third-order valence-corrected chi connectivity index (χ3v) is 17.5. The molecule has 28 nitrogen and oxygen atoms in total. The molecule has 0 saturated carbocycles. The number of carbonyl (C=O) groups excluding carboxylic acids is 3. The first kappa shape index (κ1) is 87.8. The number of halogens is 9. The molecule has 5 aliphatic heterocycles. The number of nitrogens with one attached hydrogen (secondary N) is 1.